The van der Waals surface area contributed by atoms with Crippen LogP contribution in [0, 0.1) is 0 Å². The van der Waals surface area contributed by atoms with E-state index in [0.717, 1.165) is 0 Å². The summed E-state index contributed by atoms with van der Waals surface area (Å²) >= 11 is 0. The van der Waals surface area contributed by atoms with Crippen LogP contribution in [0.3, 0.4) is 0 Å². The molecule has 0 aliphatic heterocycles. The Kier molecular flexibility index (Phi) is 13.9. The molecular weight excluding hydrogens is 302 g/mol. The molecule has 8 nitrogen and oxygen atoms in total. The number of Topliss-reactive ketones (excluding diaryl/α,β-unsaturated/α-hetero) is 1. The van der Waals surface area contributed by atoms with Crippen LogP contribution in [-0.4, -0.2) is 101 Å². The first-order valence-electron chi connectivity index (χ1n) is 7.81. The lowest BCUT2D eigenvalue weighted by Gasteiger charge is -2.24. The second-order valence-electron chi connectivity index (χ2n) is 5.26. The Hall–Kier alpha value is -1.06. The SMILES string of the molecule is COCCOCCOCCN(CC(C)=O)C(=O)CN(C)CCN. The average Bonchev–Trinajstić information content (AvgIpc) is 2.48. The number of rotatable bonds is 15. The molecule has 0 aromatic carbocycles. The van der Waals surface area contributed by atoms with Gasteiger partial charge in [0.15, 0.2) is 0 Å². The maximum absolute atomic E-state index is 12.2. The van der Waals surface area contributed by atoms with E-state index < -0.39 is 0 Å². The van der Waals surface area contributed by atoms with E-state index in [2.05, 4.69) is 0 Å². The highest BCUT2D eigenvalue weighted by Crippen LogP contribution is 1.95. The zero-order valence-electron chi connectivity index (χ0n) is 14.6. The van der Waals surface area contributed by atoms with Crippen LogP contribution in [0.15, 0.2) is 0 Å². The van der Waals surface area contributed by atoms with Gasteiger partial charge in [0.1, 0.15) is 5.78 Å². The number of hydrogen-bond acceptors (Lipinski definition) is 7. The van der Waals surface area contributed by atoms with Crippen molar-refractivity contribution in [1.82, 2.24) is 9.80 Å². The fraction of sp³-hybridized carbons (Fsp3) is 0.867. The molecule has 0 saturated heterocycles. The third kappa shape index (κ3) is 13.1. The molecule has 0 heterocycles. The highest BCUT2D eigenvalue weighted by molar-refractivity contribution is 5.85. The molecule has 0 fully saturated rings. The number of likely N-dealkylation sites (N-methyl/N-ethyl adjacent to an activating group) is 1. The zero-order chi connectivity index (χ0) is 17.5. The molecule has 0 spiro atoms. The number of ketones is 1. The van der Waals surface area contributed by atoms with Gasteiger partial charge >= 0.3 is 0 Å². The minimum atomic E-state index is -0.101. The number of nitrogens with two attached hydrogens (primary N) is 1. The molecule has 136 valence electrons. The Labute approximate surface area is 138 Å². The Morgan fingerprint density at radius 2 is 1.57 bits per heavy atom. The summed E-state index contributed by atoms with van der Waals surface area (Å²) in [6.07, 6.45) is 0. The minimum absolute atomic E-state index is 0.0530. The van der Waals surface area contributed by atoms with Crippen molar-refractivity contribution >= 4 is 11.7 Å². The van der Waals surface area contributed by atoms with Crippen molar-refractivity contribution in [2.24, 2.45) is 5.73 Å². The number of amides is 1. The van der Waals surface area contributed by atoms with E-state index in [1.54, 1.807) is 7.11 Å². The highest BCUT2D eigenvalue weighted by Gasteiger charge is 2.16. The van der Waals surface area contributed by atoms with Crippen molar-refractivity contribution in [3.63, 3.8) is 0 Å². The number of carbonyl (C=O) groups excluding carboxylic acids is 2. The molecule has 0 bridgehead atoms. The molecule has 2 N–H and O–H groups in total. The molecule has 0 unspecified atom stereocenters. The maximum atomic E-state index is 12.2. The first-order valence-corrected chi connectivity index (χ1v) is 7.81. The lowest BCUT2D eigenvalue weighted by molar-refractivity contribution is -0.136. The van der Waals surface area contributed by atoms with Gasteiger partial charge in [-0.1, -0.05) is 0 Å². The Bertz CT molecular complexity index is 328. The molecule has 8 heteroatoms. The Balaban J connectivity index is 4.00. The monoisotopic (exact) mass is 333 g/mol. The summed E-state index contributed by atoms with van der Waals surface area (Å²) in [5.74, 6) is -0.154. The van der Waals surface area contributed by atoms with Gasteiger partial charge in [0.05, 0.1) is 46.1 Å². The van der Waals surface area contributed by atoms with E-state index in [0.29, 0.717) is 52.7 Å². The van der Waals surface area contributed by atoms with E-state index in [1.165, 1.54) is 11.8 Å². The smallest absolute Gasteiger partial charge is 0.237 e. The van der Waals surface area contributed by atoms with Crippen molar-refractivity contribution in [1.29, 1.82) is 0 Å². The summed E-state index contributed by atoms with van der Waals surface area (Å²) in [4.78, 5) is 26.9. The number of hydrogen-bond donors (Lipinski definition) is 1. The van der Waals surface area contributed by atoms with E-state index in [-0.39, 0.29) is 24.8 Å². The van der Waals surface area contributed by atoms with Crippen molar-refractivity contribution in [2.75, 3.05) is 79.9 Å². The van der Waals surface area contributed by atoms with Crippen LogP contribution in [0.1, 0.15) is 6.92 Å². The van der Waals surface area contributed by atoms with Crippen LogP contribution in [-0.2, 0) is 23.8 Å². The third-order valence-electron chi connectivity index (χ3n) is 2.99. The van der Waals surface area contributed by atoms with Gasteiger partial charge in [0.2, 0.25) is 5.91 Å². The molecule has 0 aliphatic rings. The molecular formula is C15H31N3O5. The van der Waals surface area contributed by atoms with Crippen LogP contribution >= 0.6 is 0 Å². The highest BCUT2D eigenvalue weighted by atomic mass is 16.5. The molecule has 0 radical (unpaired) electrons. The third-order valence-corrected chi connectivity index (χ3v) is 2.99. The van der Waals surface area contributed by atoms with Crippen LogP contribution in [0.5, 0.6) is 0 Å². The van der Waals surface area contributed by atoms with Gasteiger partial charge in [-0.3, -0.25) is 14.5 Å². The average molecular weight is 333 g/mol. The molecule has 1 amide bonds. The summed E-state index contributed by atoms with van der Waals surface area (Å²) in [6, 6.07) is 0. The first-order chi connectivity index (χ1) is 11.0. The lowest BCUT2D eigenvalue weighted by atomic mass is 10.3. The van der Waals surface area contributed by atoms with Gasteiger partial charge in [0, 0.05) is 26.7 Å². The zero-order valence-corrected chi connectivity index (χ0v) is 14.6. The molecule has 0 rings (SSSR count). The summed E-state index contributed by atoms with van der Waals surface area (Å²) in [6.45, 7) is 5.68. The quantitative estimate of drug-likeness (QED) is 0.383. The van der Waals surface area contributed by atoms with E-state index in [4.69, 9.17) is 19.9 Å². The minimum Gasteiger partial charge on any atom is -0.382 e. The summed E-state index contributed by atoms with van der Waals surface area (Å²) < 4.78 is 15.6. The van der Waals surface area contributed by atoms with E-state index in [1.807, 2.05) is 11.9 Å². The summed E-state index contributed by atoms with van der Waals surface area (Å²) in [5.41, 5.74) is 5.46. The molecule has 0 aliphatic carbocycles. The Morgan fingerprint density at radius 3 is 2.13 bits per heavy atom. The number of nitrogens with zero attached hydrogens (tertiary/aromatic N) is 2. The fourth-order valence-electron chi connectivity index (χ4n) is 1.83. The number of carbonyl (C=O) groups is 2. The van der Waals surface area contributed by atoms with Crippen molar-refractivity contribution in [3.05, 3.63) is 0 Å². The predicted octanol–water partition coefficient (Wildman–Crippen LogP) is -1.03. The maximum Gasteiger partial charge on any atom is 0.237 e. The van der Waals surface area contributed by atoms with Gasteiger partial charge in [-0.2, -0.15) is 0 Å². The van der Waals surface area contributed by atoms with Gasteiger partial charge < -0.3 is 24.8 Å². The van der Waals surface area contributed by atoms with Gasteiger partial charge in [-0.25, -0.2) is 0 Å². The van der Waals surface area contributed by atoms with E-state index in [9.17, 15) is 9.59 Å². The largest absolute Gasteiger partial charge is 0.382 e. The fourth-order valence-corrected chi connectivity index (χ4v) is 1.83. The second kappa shape index (κ2) is 14.5. The molecule has 23 heavy (non-hydrogen) atoms. The normalized spacial score (nSPS) is 11.0. The summed E-state index contributed by atoms with van der Waals surface area (Å²) in [5, 5.41) is 0. The van der Waals surface area contributed by atoms with Gasteiger partial charge in [-0.15, -0.1) is 0 Å². The Morgan fingerprint density at radius 1 is 0.957 bits per heavy atom. The van der Waals surface area contributed by atoms with Gasteiger partial charge in [-0.05, 0) is 14.0 Å². The number of ether oxygens (including phenoxy) is 3. The topological polar surface area (TPSA) is 94.3 Å². The predicted molar refractivity (Wildman–Crippen MR) is 87.3 cm³/mol. The lowest BCUT2D eigenvalue weighted by Crippen LogP contribution is -2.43. The van der Waals surface area contributed by atoms with Crippen LogP contribution in [0.4, 0.5) is 0 Å². The van der Waals surface area contributed by atoms with Crippen LogP contribution in [0.25, 0.3) is 0 Å². The summed E-state index contributed by atoms with van der Waals surface area (Å²) in [7, 11) is 3.44. The second-order valence-corrected chi connectivity index (χ2v) is 5.26. The first kappa shape index (κ1) is 21.9. The molecule has 0 atom stereocenters. The van der Waals surface area contributed by atoms with Crippen molar-refractivity contribution in [3.8, 4) is 0 Å². The number of methoxy groups -OCH3 is 1. The molecule has 0 aromatic rings. The molecule has 0 aromatic heterocycles. The van der Waals surface area contributed by atoms with Crippen molar-refractivity contribution < 1.29 is 23.8 Å². The van der Waals surface area contributed by atoms with Crippen LogP contribution < -0.4 is 5.73 Å². The van der Waals surface area contributed by atoms with Crippen LogP contribution in [0.2, 0.25) is 0 Å². The van der Waals surface area contributed by atoms with Gasteiger partial charge in [0.25, 0.3) is 0 Å². The standard InChI is InChI=1S/C15H31N3O5/c1-14(19)12-18(15(20)13-17(2)5-4-16)6-7-22-10-11-23-9-8-21-3/h4-13,16H2,1-3H3. The molecule has 0 saturated carbocycles. The van der Waals surface area contributed by atoms with Crippen molar-refractivity contribution in [2.45, 2.75) is 6.92 Å². The van der Waals surface area contributed by atoms with E-state index >= 15 is 0 Å².